The van der Waals surface area contributed by atoms with Gasteiger partial charge in [0.1, 0.15) is 10.7 Å². The van der Waals surface area contributed by atoms with E-state index in [0.717, 1.165) is 12.1 Å². The predicted molar refractivity (Wildman–Crippen MR) is 133 cm³/mol. The Balaban J connectivity index is 1.37. The molecule has 0 saturated heterocycles. The number of rotatable bonds is 8. The number of carbonyl (C=O) groups excluding carboxylic acids is 4. The van der Waals surface area contributed by atoms with Crippen molar-refractivity contribution in [2.45, 2.75) is 19.1 Å². The molecule has 0 saturated carbocycles. The number of hydrogen-bond donors (Lipinski definition) is 2. The third-order valence-electron chi connectivity index (χ3n) is 5.73. The Labute approximate surface area is 224 Å². The number of hydrogen-bond acceptors (Lipinski definition) is 6. The van der Waals surface area contributed by atoms with E-state index < -0.39 is 34.6 Å². The summed E-state index contributed by atoms with van der Waals surface area (Å²) < 4.78 is 39.2. The largest absolute Gasteiger partial charge is 0.545 e. The van der Waals surface area contributed by atoms with Crippen LogP contribution in [0.15, 0.2) is 83.5 Å². The van der Waals surface area contributed by atoms with Crippen LogP contribution in [0.25, 0.3) is 0 Å². The molecule has 200 valence electrons. The Morgan fingerprint density at radius 2 is 1.54 bits per heavy atom. The Morgan fingerprint density at radius 3 is 2.15 bits per heavy atom. The Morgan fingerprint density at radius 1 is 0.897 bits per heavy atom. The normalized spacial score (nSPS) is 13.6. The topological polar surface area (TPSA) is 119 Å². The Kier molecular flexibility index (Phi) is 7.73. The first-order valence-electron chi connectivity index (χ1n) is 11.3. The number of carboxylic acids is 1. The molecule has 0 fully saturated rings. The molecule has 0 spiro atoms. The van der Waals surface area contributed by atoms with Crippen LogP contribution in [0.2, 0.25) is 0 Å². The Bertz CT molecular complexity index is 1490. The minimum Gasteiger partial charge on any atom is -0.545 e. The van der Waals surface area contributed by atoms with Crippen molar-refractivity contribution in [1.82, 2.24) is 5.32 Å². The first-order chi connectivity index (χ1) is 18.4. The molecule has 1 aliphatic heterocycles. The fraction of sp³-hybridized carbons (Fsp3) is 0.111. The monoisotopic (exact) mass is 556 g/mol. The van der Waals surface area contributed by atoms with Gasteiger partial charge in [-0.15, -0.1) is 0 Å². The molecule has 0 atom stereocenters. The van der Waals surface area contributed by atoms with Crippen LogP contribution in [-0.2, 0) is 33.5 Å². The summed E-state index contributed by atoms with van der Waals surface area (Å²) in [6.07, 6.45) is -4.63. The Hall–Kier alpha value is -4.64. The number of nitrogens with one attached hydrogen (secondary N) is 2. The summed E-state index contributed by atoms with van der Waals surface area (Å²) in [5.41, 5.74) is 0.125. The maximum Gasteiger partial charge on any atom is 0.416 e. The average Bonchev–Trinajstić information content (AvgIpc) is 3.11. The summed E-state index contributed by atoms with van der Waals surface area (Å²) in [6.45, 7) is 0.191. The molecule has 12 heteroatoms. The van der Waals surface area contributed by atoms with Crippen molar-refractivity contribution in [1.29, 1.82) is 0 Å². The van der Waals surface area contributed by atoms with E-state index in [2.05, 4.69) is 10.6 Å². The van der Waals surface area contributed by atoms with E-state index in [1.807, 2.05) is 0 Å². The van der Waals surface area contributed by atoms with Crippen molar-refractivity contribution in [3.8, 4) is 0 Å². The second-order valence-electron chi connectivity index (χ2n) is 8.44. The van der Waals surface area contributed by atoms with E-state index in [1.165, 1.54) is 18.2 Å². The van der Waals surface area contributed by atoms with E-state index in [-0.39, 0.29) is 35.8 Å². The van der Waals surface area contributed by atoms with E-state index >= 15 is 0 Å². The molecule has 3 aromatic rings. The predicted octanol–water partition coefficient (Wildman–Crippen LogP) is 3.36. The van der Waals surface area contributed by atoms with Crippen LogP contribution in [0.3, 0.4) is 0 Å². The number of anilines is 2. The van der Waals surface area contributed by atoms with Gasteiger partial charge in [-0.1, -0.05) is 54.1 Å². The molecule has 8 nitrogen and oxygen atoms in total. The summed E-state index contributed by atoms with van der Waals surface area (Å²) in [6, 6.07) is 16.0. The zero-order valence-electron chi connectivity index (χ0n) is 19.8. The van der Waals surface area contributed by atoms with Crippen molar-refractivity contribution in [2.24, 2.45) is 0 Å². The van der Waals surface area contributed by atoms with E-state index in [9.17, 15) is 37.5 Å². The SMILES string of the molecule is O=C(Cc1ccc(NC2=C(Cl)C(=O)N(c3cccc(C(F)(F)F)c3)C2=O)cc1)NCc1ccc(C(=O)[O-])cc1. The molecule has 3 aromatic carbocycles. The molecule has 0 bridgehead atoms. The third-order valence-corrected chi connectivity index (χ3v) is 6.08. The molecular formula is C27H18ClF3N3O5-. The molecule has 1 heterocycles. The zero-order chi connectivity index (χ0) is 28.3. The minimum absolute atomic E-state index is 0.0294. The molecule has 0 unspecified atom stereocenters. The zero-order valence-corrected chi connectivity index (χ0v) is 20.6. The first kappa shape index (κ1) is 27.4. The number of amides is 3. The van der Waals surface area contributed by atoms with Crippen LogP contribution in [0.5, 0.6) is 0 Å². The fourth-order valence-electron chi connectivity index (χ4n) is 3.72. The molecule has 0 aromatic heterocycles. The number of carbonyl (C=O) groups is 4. The lowest BCUT2D eigenvalue weighted by molar-refractivity contribution is -0.255. The van der Waals surface area contributed by atoms with Crippen LogP contribution in [-0.4, -0.2) is 23.7 Å². The molecule has 3 amide bonds. The number of halogens is 4. The maximum absolute atomic E-state index is 13.1. The fourth-order valence-corrected chi connectivity index (χ4v) is 3.94. The summed E-state index contributed by atoms with van der Waals surface area (Å²) in [5, 5.41) is 15.8. The minimum atomic E-state index is -4.66. The quantitative estimate of drug-likeness (QED) is 0.411. The van der Waals surface area contributed by atoms with E-state index in [4.69, 9.17) is 11.6 Å². The standard InChI is InChI=1S/C27H19ClF3N3O5/c28-22-23(25(37)34(24(22)36)20-3-1-2-18(13-20)27(29,30)31)33-19-10-6-15(7-11-19)12-21(35)32-14-16-4-8-17(9-5-16)26(38)39/h1-11,13,33H,12,14H2,(H,32,35)(H,38,39)/p-1. The highest BCUT2D eigenvalue weighted by molar-refractivity contribution is 6.53. The summed E-state index contributed by atoms with van der Waals surface area (Å²) in [7, 11) is 0. The smallest absolute Gasteiger partial charge is 0.416 e. The van der Waals surface area contributed by atoms with Crippen molar-refractivity contribution in [3.63, 3.8) is 0 Å². The summed E-state index contributed by atoms with van der Waals surface area (Å²) >= 11 is 6.06. The van der Waals surface area contributed by atoms with Gasteiger partial charge < -0.3 is 20.5 Å². The lowest BCUT2D eigenvalue weighted by atomic mass is 10.1. The first-order valence-corrected chi connectivity index (χ1v) is 11.7. The van der Waals surface area contributed by atoms with Gasteiger partial charge in [-0.3, -0.25) is 14.4 Å². The molecule has 1 aliphatic rings. The highest BCUT2D eigenvalue weighted by atomic mass is 35.5. The van der Waals surface area contributed by atoms with Crippen LogP contribution < -0.4 is 20.6 Å². The molecule has 2 N–H and O–H groups in total. The van der Waals surface area contributed by atoms with Crippen molar-refractivity contribution in [2.75, 3.05) is 10.2 Å². The maximum atomic E-state index is 13.1. The molecule has 4 rings (SSSR count). The van der Waals surface area contributed by atoms with Gasteiger partial charge in [0.2, 0.25) is 5.91 Å². The highest BCUT2D eigenvalue weighted by Gasteiger charge is 2.40. The molecule has 0 aliphatic carbocycles. The lowest BCUT2D eigenvalue weighted by Gasteiger charge is -2.17. The van der Waals surface area contributed by atoms with Crippen LogP contribution in [0, 0.1) is 0 Å². The molecule has 0 radical (unpaired) electrons. The summed E-state index contributed by atoms with van der Waals surface area (Å²) in [4.78, 5) is 49.1. The number of aromatic carboxylic acids is 1. The van der Waals surface area contributed by atoms with Crippen LogP contribution in [0.4, 0.5) is 24.5 Å². The van der Waals surface area contributed by atoms with Crippen LogP contribution >= 0.6 is 11.6 Å². The van der Waals surface area contributed by atoms with Crippen molar-refractivity contribution < 1.29 is 37.5 Å². The number of carboxylic acid groups (broad SMARTS) is 1. The second kappa shape index (κ2) is 11.0. The lowest BCUT2D eigenvalue weighted by Crippen LogP contribution is -2.32. The van der Waals surface area contributed by atoms with Gasteiger partial charge in [0.25, 0.3) is 11.8 Å². The van der Waals surface area contributed by atoms with Gasteiger partial charge >= 0.3 is 6.18 Å². The average molecular weight is 557 g/mol. The van der Waals surface area contributed by atoms with E-state index in [0.29, 0.717) is 27.8 Å². The number of nitrogens with zero attached hydrogens (tertiary/aromatic N) is 1. The number of benzene rings is 3. The highest BCUT2D eigenvalue weighted by Crippen LogP contribution is 2.35. The van der Waals surface area contributed by atoms with E-state index in [1.54, 1.807) is 36.4 Å². The van der Waals surface area contributed by atoms with Crippen molar-refractivity contribution >= 4 is 46.7 Å². The van der Waals surface area contributed by atoms with Gasteiger partial charge in [-0.2, -0.15) is 13.2 Å². The van der Waals surface area contributed by atoms with Gasteiger partial charge in [0.05, 0.1) is 23.6 Å². The van der Waals surface area contributed by atoms with Gasteiger partial charge in [0, 0.05) is 12.2 Å². The molecule has 39 heavy (non-hydrogen) atoms. The number of alkyl halides is 3. The second-order valence-corrected chi connectivity index (χ2v) is 8.82. The van der Waals surface area contributed by atoms with Gasteiger partial charge in [-0.25, -0.2) is 4.90 Å². The van der Waals surface area contributed by atoms with Gasteiger partial charge in [-0.05, 0) is 47.0 Å². The summed E-state index contributed by atoms with van der Waals surface area (Å²) in [5.74, 6) is -3.47. The van der Waals surface area contributed by atoms with Crippen LogP contribution in [0.1, 0.15) is 27.0 Å². The number of imide groups is 1. The third kappa shape index (κ3) is 6.27. The van der Waals surface area contributed by atoms with Gasteiger partial charge in [0.15, 0.2) is 0 Å². The van der Waals surface area contributed by atoms with Crippen molar-refractivity contribution in [3.05, 3.63) is 106 Å². The molecular weight excluding hydrogens is 539 g/mol.